The summed E-state index contributed by atoms with van der Waals surface area (Å²) in [5.74, 6) is -1.58. The predicted octanol–water partition coefficient (Wildman–Crippen LogP) is 2.80. The summed E-state index contributed by atoms with van der Waals surface area (Å²) in [6.45, 7) is 2.09. The van der Waals surface area contributed by atoms with E-state index >= 15 is 0 Å². The summed E-state index contributed by atoms with van der Waals surface area (Å²) in [6, 6.07) is -0.265. The lowest BCUT2D eigenvalue weighted by Crippen LogP contribution is -2.10. The number of alkyl halides is 3. The van der Waals surface area contributed by atoms with Gasteiger partial charge in [-0.1, -0.05) is 0 Å². The Hall–Kier alpha value is -1.50. The number of ether oxygens (including phenoxy) is 1. The van der Waals surface area contributed by atoms with Gasteiger partial charge in [0, 0.05) is 32.2 Å². The number of carbonyl (C=O) groups is 1. The molecule has 102 valence electrons. The van der Waals surface area contributed by atoms with Gasteiger partial charge in [-0.05, 0) is 13.3 Å². The fraction of sp³-hybridized carbons (Fsp3) is 0.545. The van der Waals surface area contributed by atoms with Crippen LogP contribution >= 0.6 is 0 Å². The molecule has 0 aliphatic heterocycles. The SMILES string of the molecule is COCCC(C)n1cc(C(=O)O)c(C(F)(F)F)c1. The Bertz CT molecular complexity index is 426. The average Bonchev–Trinajstić information content (AvgIpc) is 2.70. The van der Waals surface area contributed by atoms with Crippen LogP contribution in [-0.2, 0) is 10.9 Å². The highest BCUT2D eigenvalue weighted by atomic mass is 19.4. The maximum absolute atomic E-state index is 12.6. The second-order valence-electron chi connectivity index (χ2n) is 3.97. The number of aromatic carboxylic acids is 1. The van der Waals surface area contributed by atoms with E-state index in [2.05, 4.69) is 0 Å². The molecule has 1 unspecified atom stereocenters. The van der Waals surface area contributed by atoms with Gasteiger partial charge in [0.1, 0.15) is 0 Å². The molecule has 0 radical (unpaired) electrons. The van der Waals surface area contributed by atoms with E-state index in [-0.39, 0.29) is 6.04 Å². The summed E-state index contributed by atoms with van der Waals surface area (Å²) in [5, 5.41) is 8.76. The quantitative estimate of drug-likeness (QED) is 0.890. The zero-order valence-corrected chi connectivity index (χ0v) is 9.99. The lowest BCUT2D eigenvalue weighted by molar-refractivity contribution is -0.138. The van der Waals surface area contributed by atoms with Crippen molar-refractivity contribution in [3.05, 3.63) is 23.5 Å². The van der Waals surface area contributed by atoms with Crippen molar-refractivity contribution < 1.29 is 27.8 Å². The molecule has 1 rings (SSSR count). The van der Waals surface area contributed by atoms with Crippen LogP contribution in [0, 0.1) is 0 Å². The number of nitrogens with zero attached hydrogens (tertiary/aromatic N) is 1. The minimum Gasteiger partial charge on any atom is -0.478 e. The molecule has 1 heterocycles. The van der Waals surface area contributed by atoms with Crippen LogP contribution in [0.4, 0.5) is 13.2 Å². The van der Waals surface area contributed by atoms with E-state index in [9.17, 15) is 18.0 Å². The summed E-state index contributed by atoms with van der Waals surface area (Å²) in [6.07, 6.45) is -2.34. The number of hydrogen-bond acceptors (Lipinski definition) is 2. The van der Waals surface area contributed by atoms with Gasteiger partial charge in [0.25, 0.3) is 0 Å². The average molecular weight is 265 g/mol. The molecule has 7 heteroatoms. The highest BCUT2D eigenvalue weighted by Crippen LogP contribution is 2.33. The lowest BCUT2D eigenvalue weighted by atomic mass is 10.2. The van der Waals surface area contributed by atoms with Gasteiger partial charge in [0.15, 0.2) is 0 Å². The van der Waals surface area contributed by atoms with Crippen LogP contribution in [-0.4, -0.2) is 29.4 Å². The molecule has 1 aromatic heterocycles. The highest BCUT2D eigenvalue weighted by molar-refractivity contribution is 5.89. The molecule has 0 saturated carbocycles. The predicted molar refractivity (Wildman–Crippen MR) is 57.6 cm³/mol. The van der Waals surface area contributed by atoms with E-state index in [4.69, 9.17) is 9.84 Å². The number of rotatable bonds is 5. The van der Waals surface area contributed by atoms with E-state index in [0.29, 0.717) is 13.0 Å². The molecule has 0 saturated heterocycles. The summed E-state index contributed by atoms with van der Waals surface area (Å²) in [4.78, 5) is 10.8. The van der Waals surface area contributed by atoms with Crippen molar-refractivity contribution in [2.24, 2.45) is 0 Å². The monoisotopic (exact) mass is 265 g/mol. The number of methoxy groups -OCH3 is 1. The first-order valence-electron chi connectivity index (χ1n) is 5.28. The third-order valence-electron chi connectivity index (χ3n) is 2.63. The smallest absolute Gasteiger partial charge is 0.418 e. The Morgan fingerprint density at radius 2 is 2.11 bits per heavy atom. The van der Waals surface area contributed by atoms with Gasteiger partial charge in [0.2, 0.25) is 0 Å². The zero-order valence-electron chi connectivity index (χ0n) is 9.99. The summed E-state index contributed by atoms with van der Waals surface area (Å²) in [7, 11) is 1.49. The molecule has 18 heavy (non-hydrogen) atoms. The standard InChI is InChI=1S/C11H14F3NO3/c1-7(3-4-18-2)15-5-8(10(16)17)9(6-15)11(12,13)14/h5-7H,3-4H2,1-2H3,(H,16,17). The van der Waals surface area contributed by atoms with Crippen LogP contribution in [0.25, 0.3) is 0 Å². The summed E-state index contributed by atoms with van der Waals surface area (Å²) in [5.41, 5.74) is -1.86. The Morgan fingerprint density at radius 1 is 1.50 bits per heavy atom. The van der Waals surface area contributed by atoms with Crippen molar-refractivity contribution in [3.63, 3.8) is 0 Å². The van der Waals surface area contributed by atoms with Crippen molar-refractivity contribution in [2.75, 3.05) is 13.7 Å². The van der Waals surface area contributed by atoms with E-state index in [1.54, 1.807) is 6.92 Å². The molecule has 0 bridgehead atoms. The fourth-order valence-corrected chi connectivity index (χ4v) is 1.56. The van der Waals surface area contributed by atoms with E-state index < -0.39 is 23.3 Å². The Labute approximate surface area is 102 Å². The molecule has 1 aromatic rings. The van der Waals surface area contributed by atoms with Crippen molar-refractivity contribution in [1.82, 2.24) is 4.57 Å². The minimum absolute atomic E-state index is 0.265. The van der Waals surface area contributed by atoms with Gasteiger partial charge in [-0.25, -0.2) is 4.79 Å². The second-order valence-corrected chi connectivity index (χ2v) is 3.97. The zero-order chi connectivity index (χ0) is 13.9. The Kier molecular flexibility index (Phi) is 4.39. The number of aromatic nitrogens is 1. The minimum atomic E-state index is -4.67. The molecule has 1 atom stereocenters. The van der Waals surface area contributed by atoms with E-state index in [1.807, 2.05) is 0 Å². The molecule has 0 fully saturated rings. The van der Waals surface area contributed by atoms with Crippen LogP contribution in [0.2, 0.25) is 0 Å². The van der Waals surface area contributed by atoms with Crippen molar-refractivity contribution in [1.29, 1.82) is 0 Å². The van der Waals surface area contributed by atoms with Crippen LogP contribution < -0.4 is 0 Å². The van der Waals surface area contributed by atoms with Gasteiger partial charge in [-0.15, -0.1) is 0 Å². The molecule has 4 nitrogen and oxygen atoms in total. The van der Waals surface area contributed by atoms with Crippen molar-refractivity contribution >= 4 is 5.97 Å². The first-order valence-corrected chi connectivity index (χ1v) is 5.28. The second kappa shape index (κ2) is 5.43. The van der Waals surface area contributed by atoms with Crippen LogP contribution in [0.1, 0.15) is 35.3 Å². The molecule has 0 aliphatic rings. The number of halogens is 3. The maximum atomic E-state index is 12.6. The molecule has 0 aliphatic carbocycles. The van der Waals surface area contributed by atoms with Crippen molar-refractivity contribution in [3.8, 4) is 0 Å². The van der Waals surface area contributed by atoms with Gasteiger partial charge in [-0.3, -0.25) is 0 Å². The first-order chi connectivity index (χ1) is 8.27. The third-order valence-corrected chi connectivity index (χ3v) is 2.63. The number of carboxylic acids is 1. The van der Waals surface area contributed by atoms with Crippen LogP contribution in [0.3, 0.4) is 0 Å². The van der Waals surface area contributed by atoms with E-state index in [1.165, 1.54) is 11.7 Å². The first kappa shape index (κ1) is 14.6. The lowest BCUT2D eigenvalue weighted by Gasteiger charge is -2.12. The topological polar surface area (TPSA) is 51.5 Å². The number of hydrogen-bond donors (Lipinski definition) is 1. The molecular formula is C11H14F3NO3. The van der Waals surface area contributed by atoms with Gasteiger partial charge in [-0.2, -0.15) is 13.2 Å². The highest BCUT2D eigenvalue weighted by Gasteiger charge is 2.37. The van der Waals surface area contributed by atoms with Crippen LogP contribution in [0.5, 0.6) is 0 Å². The molecule has 0 spiro atoms. The van der Waals surface area contributed by atoms with Gasteiger partial charge in [0.05, 0.1) is 11.1 Å². The third kappa shape index (κ3) is 3.25. The van der Waals surface area contributed by atoms with Gasteiger partial charge < -0.3 is 14.4 Å². The molecule has 0 aromatic carbocycles. The van der Waals surface area contributed by atoms with E-state index in [0.717, 1.165) is 12.4 Å². The number of carboxylic acid groups (broad SMARTS) is 1. The molecular weight excluding hydrogens is 251 g/mol. The fourth-order valence-electron chi connectivity index (χ4n) is 1.56. The molecule has 0 amide bonds. The van der Waals surface area contributed by atoms with Crippen molar-refractivity contribution in [2.45, 2.75) is 25.6 Å². The van der Waals surface area contributed by atoms with Gasteiger partial charge >= 0.3 is 12.1 Å². The largest absolute Gasteiger partial charge is 0.478 e. The van der Waals surface area contributed by atoms with Crippen LogP contribution in [0.15, 0.2) is 12.4 Å². The Morgan fingerprint density at radius 3 is 2.50 bits per heavy atom. The summed E-state index contributed by atoms with van der Waals surface area (Å²) < 4.78 is 44.0. The normalized spacial score (nSPS) is 13.6. The summed E-state index contributed by atoms with van der Waals surface area (Å²) >= 11 is 0. The Balaban J connectivity index is 3.06. The maximum Gasteiger partial charge on any atom is 0.418 e. The molecule has 1 N–H and O–H groups in total.